The number of hydrogen-bond donors (Lipinski definition) is 2. The van der Waals surface area contributed by atoms with Gasteiger partial charge in [-0.2, -0.15) is 0 Å². The lowest BCUT2D eigenvalue weighted by Gasteiger charge is -2.07. The van der Waals surface area contributed by atoms with Crippen LogP contribution in [0.2, 0.25) is 5.02 Å². The van der Waals surface area contributed by atoms with Gasteiger partial charge in [0.1, 0.15) is 17.7 Å². The quantitative estimate of drug-likeness (QED) is 0.777. The molecule has 2 aromatic carbocycles. The lowest BCUT2D eigenvalue weighted by molar-refractivity contribution is 0.211. The average molecular weight is 289 g/mol. The molecule has 3 aromatic rings. The number of methoxy groups -OCH3 is 1. The molecule has 0 aliphatic heterocycles. The molecule has 0 saturated heterocycles. The molecule has 1 heterocycles. The van der Waals surface area contributed by atoms with E-state index >= 15 is 0 Å². The highest BCUT2D eigenvalue weighted by Crippen LogP contribution is 2.25. The predicted octanol–water partition coefficient (Wildman–Crippen LogP) is 3.31. The third-order valence-corrected chi connectivity index (χ3v) is 3.40. The van der Waals surface area contributed by atoms with Crippen LogP contribution in [0.25, 0.3) is 11.0 Å². The highest BCUT2D eigenvalue weighted by atomic mass is 35.5. The molecule has 0 aliphatic rings. The lowest BCUT2D eigenvalue weighted by atomic mass is 10.1. The number of fused-ring (bicyclic) bond motifs is 1. The molecule has 4 nitrogen and oxygen atoms in total. The fraction of sp³-hybridized carbons (Fsp3) is 0.133. The van der Waals surface area contributed by atoms with Crippen molar-refractivity contribution in [1.29, 1.82) is 0 Å². The van der Waals surface area contributed by atoms with E-state index in [0.29, 0.717) is 10.8 Å². The van der Waals surface area contributed by atoms with Crippen LogP contribution in [0.5, 0.6) is 5.75 Å². The Morgan fingerprint density at radius 3 is 2.65 bits per heavy atom. The number of hydrogen-bond acceptors (Lipinski definition) is 3. The summed E-state index contributed by atoms with van der Waals surface area (Å²) in [7, 11) is 1.61. The average Bonchev–Trinajstić information content (AvgIpc) is 2.90. The van der Waals surface area contributed by atoms with Gasteiger partial charge in [0.25, 0.3) is 0 Å². The normalized spacial score (nSPS) is 12.6. The Labute approximate surface area is 121 Å². The van der Waals surface area contributed by atoms with Crippen LogP contribution in [0.15, 0.2) is 42.5 Å². The first-order valence-corrected chi connectivity index (χ1v) is 6.52. The number of ether oxygens (including phenoxy) is 1. The van der Waals surface area contributed by atoms with E-state index in [-0.39, 0.29) is 0 Å². The highest BCUT2D eigenvalue weighted by Gasteiger charge is 2.15. The van der Waals surface area contributed by atoms with E-state index in [1.807, 2.05) is 18.2 Å². The second kappa shape index (κ2) is 5.15. The molecule has 0 aliphatic carbocycles. The second-order valence-electron chi connectivity index (χ2n) is 4.46. The number of nitrogens with one attached hydrogen (secondary N) is 1. The predicted molar refractivity (Wildman–Crippen MR) is 78.2 cm³/mol. The molecule has 102 valence electrons. The number of aromatic nitrogens is 2. The Morgan fingerprint density at radius 2 is 1.95 bits per heavy atom. The fourth-order valence-corrected chi connectivity index (χ4v) is 2.19. The summed E-state index contributed by atoms with van der Waals surface area (Å²) in [4.78, 5) is 7.50. The zero-order chi connectivity index (χ0) is 14.1. The van der Waals surface area contributed by atoms with Crippen LogP contribution >= 0.6 is 11.6 Å². The number of H-pyrrole nitrogens is 1. The number of nitrogens with zero attached hydrogens (tertiary/aromatic N) is 1. The molecule has 0 bridgehead atoms. The van der Waals surface area contributed by atoms with Crippen molar-refractivity contribution in [1.82, 2.24) is 9.97 Å². The van der Waals surface area contributed by atoms with Crippen LogP contribution in [-0.2, 0) is 0 Å². The Hall–Kier alpha value is -2.04. The van der Waals surface area contributed by atoms with E-state index in [9.17, 15) is 5.11 Å². The van der Waals surface area contributed by atoms with Gasteiger partial charge < -0.3 is 14.8 Å². The van der Waals surface area contributed by atoms with Crippen LogP contribution in [0.4, 0.5) is 0 Å². The van der Waals surface area contributed by atoms with Crippen LogP contribution in [0, 0.1) is 0 Å². The van der Waals surface area contributed by atoms with Gasteiger partial charge in [0.2, 0.25) is 0 Å². The summed E-state index contributed by atoms with van der Waals surface area (Å²) < 4.78 is 5.16. The molecule has 0 spiro atoms. The largest absolute Gasteiger partial charge is 0.497 e. The van der Waals surface area contributed by atoms with Gasteiger partial charge in [-0.15, -0.1) is 0 Å². The standard InChI is InChI=1S/C15H13ClN2O2/c1-20-11-6-7-12-13(8-11)18-15(17-12)14(19)9-2-4-10(16)5-3-9/h2-8,14,19H,1H3,(H,17,18)/t14-/m1/s1. The zero-order valence-electron chi connectivity index (χ0n) is 10.8. The highest BCUT2D eigenvalue weighted by molar-refractivity contribution is 6.30. The van der Waals surface area contributed by atoms with Gasteiger partial charge in [0.05, 0.1) is 18.1 Å². The minimum absolute atomic E-state index is 0.496. The number of aliphatic hydroxyl groups is 1. The van der Waals surface area contributed by atoms with E-state index in [2.05, 4.69) is 9.97 Å². The van der Waals surface area contributed by atoms with Gasteiger partial charge in [0.15, 0.2) is 0 Å². The Balaban J connectivity index is 1.98. The maximum atomic E-state index is 10.3. The van der Waals surface area contributed by atoms with Crippen molar-refractivity contribution >= 4 is 22.6 Å². The summed E-state index contributed by atoms with van der Waals surface area (Å²) in [5.74, 6) is 1.24. The molecule has 5 heteroatoms. The van der Waals surface area contributed by atoms with Gasteiger partial charge in [-0.3, -0.25) is 0 Å². The Bertz CT molecular complexity index is 737. The number of benzene rings is 2. The minimum atomic E-state index is -0.814. The van der Waals surface area contributed by atoms with Crippen LogP contribution in [-0.4, -0.2) is 22.2 Å². The first-order chi connectivity index (χ1) is 9.67. The first-order valence-electron chi connectivity index (χ1n) is 6.14. The molecule has 20 heavy (non-hydrogen) atoms. The van der Waals surface area contributed by atoms with Gasteiger partial charge in [-0.05, 0) is 29.8 Å². The molecule has 3 rings (SSSR count). The number of imidazole rings is 1. The van der Waals surface area contributed by atoms with E-state index in [1.165, 1.54) is 0 Å². The van der Waals surface area contributed by atoms with Crippen molar-refractivity contribution in [2.24, 2.45) is 0 Å². The van der Waals surface area contributed by atoms with E-state index in [1.54, 1.807) is 31.4 Å². The zero-order valence-corrected chi connectivity index (χ0v) is 11.6. The lowest BCUT2D eigenvalue weighted by Crippen LogP contribution is -2.01. The molecule has 0 fully saturated rings. The maximum Gasteiger partial charge on any atom is 0.140 e. The number of aliphatic hydroxyl groups excluding tert-OH is 1. The van der Waals surface area contributed by atoms with Crippen molar-refractivity contribution in [2.45, 2.75) is 6.10 Å². The van der Waals surface area contributed by atoms with Crippen molar-refractivity contribution < 1.29 is 9.84 Å². The summed E-state index contributed by atoms with van der Waals surface area (Å²) in [6, 6.07) is 12.6. The van der Waals surface area contributed by atoms with Crippen LogP contribution in [0.1, 0.15) is 17.5 Å². The minimum Gasteiger partial charge on any atom is -0.497 e. The van der Waals surface area contributed by atoms with Crippen molar-refractivity contribution in [3.05, 3.63) is 58.9 Å². The molecule has 0 radical (unpaired) electrons. The third kappa shape index (κ3) is 2.35. The topological polar surface area (TPSA) is 58.1 Å². The van der Waals surface area contributed by atoms with Crippen LogP contribution < -0.4 is 4.74 Å². The summed E-state index contributed by atoms with van der Waals surface area (Å²) in [5, 5.41) is 11.0. The summed E-state index contributed by atoms with van der Waals surface area (Å²) in [6.45, 7) is 0. The molecule has 1 atom stereocenters. The second-order valence-corrected chi connectivity index (χ2v) is 4.90. The van der Waals surface area contributed by atoms with Gasteiger partial charge in [0, 0.05) is 11.1 Å². The Morgan fingerprint density at radius 1 is 1.20 bits per heavy atom. The molecular formula is C15H13ClN2O2. The van der Waals surface area contributed by atoms with E-state index < -0.39 is 6.10 Å². The van der Waals surface area contributed by atoms with E-state index in [4.69, 9.17) is 16.3 Å². The van der Waals surface area contributed by atoms with Gasteiger partial charge in [-0.25, -0.2) is 4.98 Å². The molecule has 1 aromatic heterocycles. The molecule has 2 N–H and O–H groups in total. The van der Waals surface area contributed by atoms with Crippen LogP contribution in [0.3, 0.4) is 0 Å². The number of rotatable bonds is 3. The monoisotopic (exact) mass is 288 g/mol. The fourth-order valence-electron chi connectivity index (χ4n) is 2.07. The first kappa shape index (κ1) is 13.0. The third-order valence-electron chi connectivity index (χ3n) is 3.15. The summed E-state index contributed by atoms with van der Waals surface area (Å²) >= 11 is 5.84. The van der Waals surface area contributed by atoms with Crippen molar-refractivity contribution in [2.75, 3.05) is 7.11 Å². The van der Waals surface area contributed by atoms with Gasteiger partial charge in [-0.1, -0.05) is 23.7 Å². The Kier molecular flexibility index (Phi) is 3.34. The van der Waals surface area contributed by atoms with Crippen molar-refractivity contribution in [3.8, 4) is 5.75 Å². The SMILES string of the molecule is COc1ccc2nc([C@H](O)c3ccc(Cl)cc3)[nH]c2c1. The molecule has 0 unspecified atom stereocenters. The van der Waals surface area contributed by atoms with E-state index in [0.717, 1.165) is 22.3 Å². The van der Waals surface area contributed by atoms with Crippen molar-refractivity contribution in [3.63, 3.8) is 0 Å². The number of halogens is 1. The number of aromatic amines is 1. The summed E-state index contributed by atoms with van der Waals surface area (Å²) in [5.41, 5.74) is 2.35. The van der Waals surface area contributed by atoms with Gasteiger partial charge >= 0.3 is 0 Å². The molecule has 0 saturated carbocycles. The summed E-state index contributed by atoms with van der Waals surface area (Å²) in [6.07, 6.45) is -0.814. The molecular weight excluding hydrogens is 276 g/mol. The smallest absolute Gasteiger partial charge is 0.140 e. The molecule has 0 amide bonds. The maximum absolute atomic E-state index is 10.3.